The molecule has 0 unspecified atom stereocenters. The molecule has 1 saturated heterocycles. The van der Waals surface area contributed by atoms with E-state index in [9.17, 15) is 4.79 Å². The van der Waals surface area contributed by atoms with Crippen molar-refractivity contribution in [3.63, 3.8) is 0 Å². The minimum Gasteiger partial charge on any atom is -0.378 e. The number of benzene rings is 2. The van der Waals surface area contributed by atoms with Crippen LogP contribution >= 0.6 is 11.3 Å². The number of amides is 1. The third-order valence-corrected chi connectivity index (χ3v) is 5.75. The zero-order valence-electron chi connectivity index (χ0n) is 14.6. The number of rotatable bonds is 3. The van der Waals surface area contributed by atoms with E-state index in [1.54, 1.807) is 17.5 Å². The number of aromatic nitrogens is 1. The molecule has 1 fully saturated rings. The molecule has 0 aliphatic carbocycles. The first-order valence-corrected chi connectivity index (χ1v) is 9.75. The normalized spacial score (nSPS) is 18.0. The number of fused-ring (bicyclic) bond motifs is 3. The highest BCUT2D eigenvalue weighted by Gasteiger charge is 2.27. The highest BCUT2D eigenvalue weighted by Crippen LogP contribution is 2.39. The van der Waals surface area contributed by atoms with Crippen LogP contribution in [-0.4, -0.2) is 37.2 Å². The van der Waals surface area contributed by atoms with E-state index in [0.717, 1.165) is 53.5 Å². The van der Waals surface area contributed by atoms with Crippen LogP contribution in [0.2, 0.25) is 0 Å². The first-order valence-electron chi connectivity index (χ1n) is 8.87. The molecule has 0 bridgehead atoms. The fourth-order valence-electron chi connectivity index (χ4n) is 3.49. The van der Waals surface area contributed by atoms with Crippen LogP contribution in [0.1, 0.15) is 5.56 Å². The van der Waals surface area contributed by atoms with Gasteiger partial charge in [-0.1, -0.05) is 0 Å². The van der Waals surface area contributed by atoms with Gasteiger partial charge in [0.05, 0.1) is 40.2 Å². The highest BCUT2D eigenvalue weighted by molar-refractivity contribution is 7.17. The van der Waals surface area contributed by atoms with Crippen molar-refractivity contribution in [2.75, 3.05) is 41.8 Å². The predicted molar refractivity (Wildman–Crippen MR) is 109 cm³/mol. The smallest absolute Gasteiger partial charge is 0.257 e. The van der Waals surface area contributed by atoms with E-state index in [-0.39, 0.29) is 5.91 Å². The van der Waals surface area contributed by atoms with Crippen LogP contribution in [0, 0.1) is 0 Å². The Balaban J connectivity index is 1.40. The Morgan fingerprint density at radius 3 is 2.78 bits per heavy atom. The summed E-state index contributed by atoms with van der Waals surface area (Å²) in [6.07, 6.45) is 1.78. The highest BCUT2D eigenvalue weighted by atomic mass is 32.1. The molecule has 2 aliphatic heterocycles. The second-order valence-electron chi connectivity index (χ2n) is 6.49. The third kappa shape index (κ3) is 2.94. The molecule has 7 heteroatoms. The average molecular weight is 378 g/mol. The molecule has 2 N–H and O–H groups in total. The maximum Gasteiger partial charge on any atom is 0.257 e. The summed E-state index contributed by atoms with van der Waals surface area (Å²) in [5, 5.41) is 6.19. The Morgan fingerprint density at radius 1 is 1.15 bits per heavy atom. The standard InChI is InChI=1S/C20H18N4O2S/c25-20-15(18-16(23-20)5-6-17-19(18)27-12-22-17)11-21-13-1-3-14(4-2-13)24-7-9-26-10-8-24/h1-6,11-12,21H,7-10H2,(H,23,25)/b15-11-. The Hall–Kier alpha value is -2.90. The molecule has 5 rings (SSSR count). The number of thiazole rings is 1. The largest absolute Gasteiger partial charge is 0.378 e. The van der Waals surface area contributed by atoms with Crippen molar-refractivity contribution in [3.05, 3.63) is 53.7 Å². The molecule has 0 atom stereocenters. The SMILES string of the molecule is O=C1Nc2ccc3ncsc3c2/C1=C/Nc1ccc(N2CCOCC2)cc1. The van der Waals surface area contributed by atoms with E-state index in [2.05, 4.69) is 32.7 Å². The summed E-state index contributed by atoms with van der Waals surface area (Å²) in [7, 11) is 0. The number of nitrogens with one attached hydrogen (secondary N) is 2. The summed E-state index contributed by atoms with van der Waals surface area (Å²) in [6, 6.07) is 12.1. The second kappa shape index (κ2) is 6.68. The van der Waals surface area contributed by atoms with Crippen molar-refractivity contribution in [1.82, 2.24) is 4.98 Å². The van der Waals surface area contributed by atoms with Gasteiger partial charge in [-0.05, 0) is 36.4 Å². The zero-order chi connectivity index (χ0) is 18.2. The maximum atomic E-state index is 12.4. The predicted octanol–water partition coefficient (Wildman–Crippen LogP) is 3.54. The Morgan fingerprint density at radius 2 is 1.96 bits per heavy atom. The van der Waals surface area contributed by atoms with Crippen LogP contribution in [0.25, 0.3) is 15.8 Å². The fourth-order valence-corrected chi connectivity index (χ4v) is 4.34. The molecule has 0 radical (unpaired) electrons. The maximum absolute atomic E-state index is 12.4. The van der Waals surface area contributed by atoms with Crippen LogP contribution < -0.4 is 15.5 Å². The van der Waals surface area contributed by atoms with Crippen molar-refractivity contribution in [2.45, 2.75) is 0 Å². The lowest BCUT2D eigenvalue weighted by Gasteiger charge is -2.28. The molecule has 3 aromatic rings. The van der Waals surface area contributed by atoms with Crippen LogP contribution in [0.4, 0.5) is 17.1 Å². The number of ether oxygens (including phenoxy) is 1. The van der Waals surface area contributed by atoms with Gasteiger partial charge in [-0.15, -0.1) is 11.3 Å². The van der Waals surface area contributed by atoms with Gasteiger partial charge in [0.2, 0.25) is 0 Å². The number of anilines is 3. The summed E-state index contributed by atoms with van der Waals surface area (Å²) in [5.74, 6) is -0.0941. The molecule has 1 amide bonds. The van der Waals surface area contributed by atoms with Gasteiger partial charge in [0.15, 0.2) is 0 Å². The molecule has 136 valence electrons. The van der Waals surface area contributed by atoms with Crippen molar-refractivity contribution in [3.8, 4) is 0 Å². The van der Waals surface area contributed by atoms with E-state index in [1.807, 2.05) is 29.8 Å². The Kier molecular flexibility index (Phi) is 4.03. The molecule has 1 aromatic heterocycles. The van der Waals surface area contributed by atoms with Gasteiger partial charge < -0.3 is 20.3 Å². The Labute approximate surface area is 160 Å². The molecule has 27 heavy (non-hydrogen) atoms. The number of carbonyl (C=O) groups is 1. The second-order valence-corrected chi connectivity index (χ2v) is 7.35. The van der Waals surface area contributed by atoms with Crippen LogP contribution in [-0.2, 0) is 9.53 Å². The van der Waals surface area contributed by atoms with Gasteiger partial charge >= 0.3 is 0 Å². The lowest BCUT2D eigenvalue weighted by Crippen LogP contribution is -2.36. The van der Waals surface area contributed by atoms with Crippen molar-refractivity contribution in [2.24, 2.45) is 0 Å². The summed E-state index contributed by atoms with van der Waals surface area (Å²) in [6.45, 7) is 3.37. The van der Waals surface area contributed by atoms with Crippen molar-refractivity contribution >= 4 is 50.1 Å². The van der Waals surface area contributed by atoms with Gasteiger partial charge in [0.1, 0.15) is 0 Å². The summed E-state index contributed by atoms with van der Waals surface area (Å²) in [5.41, 5.74) is 7.26. The number of hydrogen-bond acceptors (Lipinski definition) is 6. The number of hydrogen-bond donors (Lipinski definition) is 2. The first kappa shape index (κ1) is 16.3. The average Bonchev–Trinajstić information content (AvgIpc) is 3.31. The van der Waals surface area contributed by atoms with E-state index < -0.39 is 0 Å². The lowest BCUT2D eigenvalue weighted by atomic mass is 10.1. The molecule has 0 saturated carbocycles. The van der Waals surface area contributed by atoms with E-state index in [4.69, 9.17) is 4.74 Å². The summed E-state index contributed by atoms with van der Waals surface area (Å²) in [4.78, 5) is 19.1. The summed E-state index contributed by atoms with van der Waals surface area (Å²) < 4.78 is 6.43. The number of carbonyl (C=O) groups excluding carboxylic acids is 1. The first-order chi connectivity index (χ1) is 13.3. The monoisotopic (exact) mass is 378 g/mol. The molecular formula is C20H18N4O2S. The quantitative estimate of drug-likeness (QED) is 0.683. The van der Waals surface area contributed by atoms with E-state index >= 15 is 0 Å². The Bertz CT molecular complexity index is 1040. The fraction of sp³-hybridized carbons (Fsp3) is 0.200. The van der Waals surface area contributed by atoms with Gasteiger partial charge in [-0.3, -0.25) is 4.79 Å². The molecule has 3 heterocycles. The zero-order valence-corrected chi connectivity index (χ0v) is 15.4. The van der Waals surface area contributed by atoms with Crippen LogP contribution in [0.3, 0.4) is 0 Å². The minimum absolute atomic E-state index is 0.0941. The van der Waals surface area contributed by atoms with Gasteiger partial charge in [-0.25, -0.2) is 4.98 Å². The van der Waals surface area contributed by atoms with E-state index in [1.165, 1.54) is 5.69 Å². The molecule has 0 spiro atoms. The van der Waals surface area contributed by atoms with E-state index in [0.29, 0.717) is 5.57 Å². The molecule has 6 nitrogen and oxygen atoms in total. The minimum atomic E-state index is -0.0941. The topological polar surface area (TPSA) is 66.5 Å². The van der Waals surface area contributed by atoms with Gasteiger partial charge in [0.25, 0.3) is 5.91 Å². The third-order valence-electron chi connectivity index (χ3n) is 4.89. The van der Waals surface area contributed by atoms with Crippen LogP contribution in [0.5, 0.6) is 0 Å². The van der Waals surface area contributed by atoms with Gasteiger partial charge in [0, 0.05) is 36.2 Å². The van der Waals surface area contributed by atoms with Gasteiger partial charge in [-0.2, -0.15) is 0 Å². The molecule has 2 aromatic carbocycles. The van der Waals surface area contributed by atoms with Crippen molar-refractivity contribution in [1.29, 1.82) is 0 Å². The number of nitrogens with zero attached hydrogens (tertiary/aromatic N) is 2. The lowest BCUT2D eigenvalue weighted by molar-refractivity contribution is -0.110. The number of morpholine rings is 1. The summed E-state index contributed by atoms with van der Waals surface area (Å²) >= 11 is 1.55. The molecule has 2 aliphatic rings. The van der Waals surface area contributed by atoms with Crippen LogP contribution in [0.15, 0.2) is 48.1 Å². The van der Waals surface area contributed by atoms with Crippen molar-refractivity contribution < 1.29 is 9.53 Å². The molecular weight excluding hydrogens is 360 g/mol.